The third-order valence-corrected chi connectivity index (χ3v) is 3.24. The van der Waals surface area contributed by atoms with Gasteiger partial charge in [0.1, 0.15) is 12.4 Å². The van der Waals surface area contributed by atoms with Crippen LogP contribution in [0.15, 0.2) is 42.5 Å². The molecule has 23 heavy (non-hydrogen) atoms. The van der Waals surface area contributed by atoms with Gasteiger partial charge in [-0.2, -0.15) is 0 Å². The lowest BCUT2D eigenvalue weighted by Gasteiger charge is -2.20. The molecule has 0 aromatic heterocycles. The number of ether oxygens (including phenoxy) is 3. The molecule has 0 aliphatic heterocycles. The summed E-state index contributed by atoms with van der Waals surface area (Å²) in [4.78, 5) is 0. The molecule has 0 bridgehead atoms. The van der Waals surface area contributed by atoms with Crippen molar-refractivity contribution in [3.05, 3.63) is 42.5 Å². The standard InChI is InChI=1S/C19H24O4/c1-19(2,3)23-12-11-22-17-10-7-15(13-18(17)21-4)14-5-8-16(20)9-6-14/h5-10,13,20H,11-12H2,1-4H3. The predicted molar refractivity (Wildman–Crippen MR) is 91.3 cm³/mol. The Morgan fingerprint density at radius 1 is 0.870 bits per heavy atom. The highest BCUT2D eigenvalue weighted by Crippen LogP contribution is 2.33. The second kappa shape index (κ2) is 7.38. The molecule has 0 saturated carbocycles. The van der Waals surface area contributed by atoms with E-state index in [9.17, 15) is 5.11 Å². The van der Waals surface area contributed by atoms with Gasteiger partial charge in [0, 0.05) is 0 Å². The van der Waals surface area contributed by atoms with Crippen LogP contribution in [-0.4, -0.2) is 31.0 Å². The average Bonchev–Trinajstić information content (AvgIpc) is 2.51. The summed E-state index contributed by atoms with van der Waals surface area (Å²) in [6.07, 6.45) is 0. The van der Waals surface area contributed by atoms with E-state index in [2.05, 4.69) is 0 Å². The number of aromatic hydroxyl groups is 1. The molecule has 0 heterocycles. The van der Waals surface area contributed by atoms with Gasteiger partial charge in [0.15, 0.2) is 11.5 Å². The summed E-state index contributed by atoms with van der Waals surface area (Å²) in [6.45, 7) is 7.03. The number of phenols is 1. The molecule has 0 spiro atoms. The van der Waals surface area contributed by atoms with E-state index in [1.165, 1.54) is 0 Å². The van der Waals surface area contributed by atoms with Gasteiger partial charge in [-0.15, -0.1) is 0 Å². The van der Waals surface area contributed by atoms with Gasteiger partial charge >= 0.3 is 0 Å². The van der Waals surface area contributed by atoms with E-state index >= 15 is 0 Å². The molecule has 0 fully saturated rings. The van der Waals surface area contributed by atoms with E-state index in [0.29, 0.717) is 24.7 Å². The molecule has 0 unspecified atom stereocenters. The number of phenolic OH excluding ortho intramolecular Hbond substituents is 1. The number of methoxy groups -OCH3 is 1. The highest BCUT2D eigenvalue weighted by atomic mass is 16.5. The molecule has 1 N–H and O–H groups in total. The van der Waals surface area contributed by atoms with E-state index in [-0.39, 0.29) is 11.4 Å². The first-order valence-corrected chi connectivity index (χ1v) is 7.63. The summed E-state index contributed by atoms with van der Waals surface area (Å²) in [5.74, 6) is 1.61. The third kappa shape index (κ3) is 5.18. The maximum atomic E-state index is 9.37. The number of hydrogen-bond acceptors (Lipinski definition) is 4. The highest BCUT2D eigenvalue weighted by Gasteiger charge is 2.11. The van der Waals surface area contributed by atoms with Gasteiger partial charge in [0.25, 0.3) is 0 Å². The Balaban J connectivity index is 2.06. The monoisotopic (exact) mass is 316 g/mol. The van der Waals surface area contributed by atoms with Crippen molar-refractivity contribution in [2.45, 2.75) is 26.4 Å². The van der Waals surface area contributed by atoms with Crippen LogP contribution in [0.5, 0.6) is 17.2 Å². The van der Waals surface area contributed by atoms with Gasteiger partial charge in [-0.3, -0.25) is 0 Å². The summed E-state index contributed by atoms with van der Waals surface area (Å²) in [5.41, 5.74) is 1.83. The number of hydrogen-bond donors (Lipinski definition) is 1. The fraction of sp³-hybridized carbons (Fsp3) is 0.368. The minimum atomic E-state index is -0.170. The molecular weight excluding hydrogens is 292 g/mol. The van der Waals surface area contributed by atoms with Crippen molar-refractivity contribution in [3.63, 3.8) is 0 Å². The van der Waals surface area contributed by atoms with E-state index in [1.54, 1.807) is 19.2 Å². The normalized spacial score (nSPS) is 11.3. The lowest BCUT2D eigenvalue weighted by molar-refractivity contribution is -0.0165. The lowest BCUT2D eigenvalue weighted by Crippen LogP contribution is -2.22. The zero-order valence-electron chi connectivity index (χ0n) is 14.1. The van der Waals surface area contributed by atoms with Gasteiger partial charge in [-0.05, 0) is 56.2 Å². The first kappa shape index (κ1) is 17.2. The Hall–Kier alpha value is -2.20. The van der Waals surface area contributed by atoms with Gasteiger partial charge in [-0.25, -0.2) is 0 Å². The fourth-order valence-corrected chi connectivity index (χ4v) is 2.12. The minimum absolute atomic E-state index is 0.170. The van der Waals surface area contributed by atoms with E-state index in [0.717, 1.165) is 11.1 Å². The summed E-state index contributed by atoms with van der Waals surface area (Å²) >= 11 is 0. The molecule has 0 amide bonds. The molecular formula is C19H24O4. The Morgan fingerprint density at radius 2 is 1.52 bits per heavy atom. The van der Waals surface area contributed by atoms with Crippen LogP contribution in [0.25, 0.3) is 11.1 Å². The molecule has 2 aromatic carbocycles. The third-order valence-electron chi connectivity index (χ3n) is 3.24. The molecule has 0 aliphatic rings. The van der Waals surface area contributed by atoms with Crippen LogP contribution in [0.2, 0.25) is 0 Å². The second-order valence-corrected chi connectivity index (χ2v) is 6.22. The average molecular weight is 316 g/mol. The summed E-state index contributed by atoms with van der Waals surface area (Å²) in [6, 6.07) is 12.8. The first-order chi connectivity index (χ1) is 10.9. The van der Waals surface area contributed by atoms with Gasteiger partial charge in [0.2, 0.25) is 0 Å². The molecule has 0 atom stereocenters. The Kier molecular flexibility index (Phi) is 5.50. The second-order valence-electron chi connectivity index (χ2n) is 6.22. The van der Waals surface area contributed by atoms with Crippen molar-refractivity contribution in [1.29, 1.82) is 0 Å². The van der Waals surface area contributed by atoms with Crippen LogP contribution in [-0.2, 0) is 4.74 Å². The molecule has 124 valence electrons. The Labute approximate surface area is 137 Å². The topological polar surface area (TPSA) is 47.9 Å². The maximum Gasteiger partial charge on any atom is 0.161 e. The molecule has 0 aliphatic carbocycles. The van der Waals surface area contributed by atoms with Gasteiger partial charge in [-0.1, -0.05) is 18.2 Å². The molecule has 4 nitrogen and oxygen atoms in total. The summed E-state index contributed by atoms with van der Waals surface area (Å²) in [7, 11) is 1.62. The molecule has 2 aromatic rings. The maximum absolute atomic E-state index is 9.37. The Morgan fingerprint density at radius 3 is 2.13 bits per heavy atom. The summed E-state index contributed by atoms with van der Waals surface area (Å²) < 4.78 is 16.8. The van der Waals surface area contributed by atoms with Crippen LogP contribution in [0.1, 0.15) is 20.8 Å². The largest absolute Gasteiger partial charge is 0.508 e. The minimum Gasteiger partial charge on any atom is -0.508 e. The molecule has 4 heteroatoms. The van der Waals surface area contributed by atoms with E-state index in [4.69, 9.17) is 14.2 Å². The van der Waals surface area contributed by atoms with Crippen LogP contribution in [0.3, 0.4) is 0 Å². The van der Waals surface area contributed by atoms with Crippen molar-refractivity contribution < 1.29 is 19.3 Å². The van der Waals surface area contributed by atoms with Crippen molar-refractivity contribution in [1.82, 2.24) is 0 Å². The predicted octanol–water partition coefficient (Wildman–Crippen LogP) is 4.26. The molecule has 2 rings (SSSR count). The molecule has 0 radical (unpaired) electrons. The van der Waals surface area contributed by atoms with Crippen LogP contribution < -0.4 is 9.47 Å². The molecule has 0 saturated heterocycles. The van der Waals surface area contributed by atoms with Crippen molar-refractivity contribution >= 4 is 0 Å². The quantitative estimate of drug-likeness (QED) is 0.809. The summed E-state index contributed by atoms with van der Waals surface area (Å²) in [5, 5.41) is 9.37. The first-order valence-electron chi connectivity index (χ1n) is 7.63. The zero-order valence-corrected chi connectivity index (χ0v) is 14.1. The van der Waals surface area contributed by atoms with Gasteiger partial charge in [0.05, 0.1) is 19.3 Å². The van der Waals surface area contributed by atoms with Crippen LogP contribution in [0.4, 0.5) is 0 Å². The highest BCUT2D eigenvalue weighted by molar-refractivity contribution is 5.67. The van der Waals surface area contributed by atoms with Crippen LogP contribution in [0, 0.1) is 0 Å². The number of benzene rings is 2. The van der Waals surface area contributed by atoms with E-state index < -0.39 is 0 Å². The van der Waals surface area contributed by atoms with Crippen molar-refractivity contribution in [3.8, 4) is 28.4 Å². The fourth-order valence-electron chi connectivity index (χ4n) is 2.12. The van der Waals surface area contributed by atoms with Crippen molar-refractivity contribution in [2.24, 2.45) is 0 Å². The smallest absolute Gasteiger partial charge is 0.161 e. The van der Waals surface area contributed by atoms with Gasteiger partial charge < -0.3 is 19.3 Å². The zero-order chi connectivity index (χ0) is 16.9. The van der Waals surface area contributed by atoms with Crippen molar-refractivity contribution in [2.75, 3.05) is 20.3 Å². The Bertz CT molecular complexity index is 627. The SMILES string of the molecule is COc1cc(-c2ccc(O)cc2)ccc1OCCOC(C)(C)C. The van der Waals surface area contributed by atoms with E-state index in [1.807, 2.05) is 51.1 Å². The van der Waals surface area contributed by atoms with Crippen LogP contribution >= 0.6 is 0 Å². The number of rotatable bonds is 6. The lowest BCUT2D eigenvalue weighted by atomic mass is 10.1.